The van der Waals surface area contributed by atoms with Crippen molar-refractivity contribution < 1.29 is 0 Å². The monoisotopic (exact) mass is 152 g/mol. The number of nitrogens with one attached hydrogen (secondary N) is 1. The molecule has 1 aliphatic carbocycles. The molecule has 1 N–H and O–H groups in total. The van der Waals surface area contributed by atoms with E-state index in [0.717, 1.165) is 5.75 Å². The third-order valence-electron chi connectivity index (χ3n) is 1.24. The zero-order valence-corrected chi connectivity index (χ0v) is 6.74. The minimum absolute atomic E-state index is 0.603. The molecule has 0 aromatic rings. The lowest BCUT2D eigenvalue weighted by Gasteiger charge is -2.05. The van der Waals surface area contributed by atoms with Gasteiger partial charge in [-0.25, -0.2) is 0 Å². The first-order valence-electron chi connectivity index (χ1n) is 3.12. The maximum Gasteiger partial charge on any atom is 0.0536 e. The van der Waals surface area contributed by atoms with Crippen LogP contribution in [0.3, 0.4) is 0 Å². The van der Waals surface area contributed by atoms with E-state index in [-0.39, 0.29) is 0 Å². The van der Waals surface area contributed by atoms with Crippen molar-refractivity contribution in [1.29, 1.82) is 5.41 Å². The van der Waals surface area contributed by atoms with Gasteiger partial charge in [-0.2, -0.15) is 11.8 Å². The Hall–Kier alpha value is -0.500. The van der Waals surface area contributed by atoms with Gasteiger partial charge < -0.3 is 5.41 Å². The summed E-state index contributed by atoms with van der Waals surface area (Å²) in [6.45, 7) is 0. The largest absolute Gasteiger partial charge is 0.301 e. The van der Waals surface area contributed by atoms with E-state index in [9.17, 15) is 0 Å². The summed E-state index contributed by atoms with van der Waals surface area (Å²) in [6.07, 6.45) is 9.74. The second-order valence-corrected chi connectivity index (χ2v) is 3.00. The fourth-order valence-electron chi connectivity index (χ4n) is 0.828. The zero-order valence-electron chi connectivity index (χ0n) is 5.92. The van der Waals surface area contributed by atoms with E-state index in [4.69, 9.17) is 5.41 Å². The van der Waals surface area contributed by atoms with Gasteiger partial charge in [0.25, 0.3) is 0 Å². The van der Waals surface area contributed by atoms with E-state index < -0.39 is 0 Å². The van der Waals surface area contributed by atoms with Crippen molar-refractivity contribution in [3.05, 3.63) is 30.2 Å². The van der Waals surface area contributed by atoms with Gasteiger partial charge in [0.1, 0.15) is 0 Å². The number of hydrogen-bond donors (Lipinski definition) is 1. The molecule has 53 valence electrons. The van der Waals surface area contributed by atoms with Crippen LogP contribution in [-0.2, 0) is 0 Å². The molecule has 1 rings (SSSR count). The molecule has 0 aliphatic heterocycles. The summed E-state index contributed by atoms with van der Waals surface area (Å²) >= 11 is 1.78. The number of rotatable bonds is 2. The van der Waals surface area contributed by atoms with Crippen molar-refractivity contribution in [2.45, 2.75) is 0 Å². The summed E-state index contributed by atoms with van der Waals surface area (Å²) in [4.78, 5) is 0. The molecule has 10 heavy (non-hydrogen) atoms. The molecule has 0 bridgehead atoms. The molecule has 0 saturated carbocycles. The molecule has 0 heterocycles. The van der Waals surface area contributed by atoms with Gasteiger partial charge in [0, 0.05) is 12.2 Å². The average Bonchev–Trinajstić information content (AvgIpc) is 1.88. The maximum absolute atomic E-state index is 7.31. The van der Waals surface area contributed by atoms with Crippen LogP contribution in [0.2, 0.25) is 0 Å². The Morgan fingerprint density at radius 2 is 2.40 bits per heavy atom. The summed E-state index contributed by atoms with van der Waals surface area (Å²) in [7, 11) is 0. The van der Waals surface area contributed by atoms with E-state index in [1.165, 1.54) is 5.57 Å². The first-order chi connectivity index (χ1) is 4.83. The predicted octanol–water partition coefficient (Wildman–Crippen LogP) is 2.07. The molecule has 0 saturated heterocycles. The molecule has 0 fully saturated rings. The van der Waals surface area contributed by atoms with Crippen LogP contribution in [0, 0.1) is 11.8 Å². The Bertz CT molecular complexity index is 191. The standard InChI is InChI=1S/C8H10NS/c1-10-6-7-3-2-4-8(9)5-7/h2-5,9H,6H2,1H3. The summed E-state index contributed by atoms with van der Waals surface area (Å²) in [6, 6.07) is 0. The third kappa shape index (κ3) is 2.03. The lowest BCUT2D eigenvalue weighted by molar-refractivity contribution is 1.42. The van der Waals surface area contributed by atoms with Crippen LogP contribution in [0.15, 0.2) is 23.8 Å². The quantitative estimate of drug-likeness (QED) is 0.643. The molecule has 0 atom stereocenters. The lowest BCUT2D eigenvalue weighted by atomic mass is 10.1. The van der Waals surface area contributed by atoms with E-state index in [1.807, 2.05) is 12.2 Å². The molecule has 0 aromatic heterocycles. The van der Waals surface area contributed by atoms with Crippen LogP contribution in [-0.4, -0.2) is 17.7 Å². The summed E-state index contributed by atoms with van der Waals surface area (Å²) < 4.78 is 0. The average molecular weight is 152 g/mol. The van der Waals surface area contributed by atoms with Crippen LogP contribution in [0.5, 0.6) is 0 Å². The summed E-state index contributed by atoms with van der Waals surface area (Å²) in [5.41, 5.74) is 1.84. The second-order valence-electron chi connectivity index (χ2n) is 2.13. The van der Waals surface area contributed by atoms with Gasteiger partial charge in [-0.15, -0.1) is 0 Å². The van der Waals surface area contributed by atoms with Crippen molar-refractivity contribution >= 4 is 17.5 Å². The van der Waals surface area contributed by atoms with Gasteiger partial charge in [-0.3, -0.25) is 0 Å². The Morgan fingerprint density at radius 3 is 3.00 bits per heavy atom. The van der Waals surface area contributed by atoms with Gasteiger partial charge in [0.15, 0.2) is 0 Å². The Morgan fingerprint density at radius 1 is 1.60 bits per heavy atom. The van der Waals surface area contributed by atoms with E-state index in [1.54, 1.807) is 17.8 Å². The van der Waals surface area contributed by atoms with Crippen molar-refractivity contribution in [1.82, 2.24) is 0 Å². The fourth-order valence-corrected chi connectivity index (χ4v) is 1.34. The summed E-state index contributed by atoms with van der Waals surface area (Å²) in [5, 5.41) is 7.31. The molecular weight excluding hydrogens is 142 g/mol. The van der Waals surface area contributed by atoms with Gasteiger partial charge in [-0.1, -0.05) is 11.6 Å². The number of thioether (sulfide) groups is 1. The minimum Gasteiger partial charge on any atom is -0.301 e. The molecule has 2 heteroatoms. The third-order valence-corrected chi connectivity index (χ3v) is 1.86. The molecule has 1 nitrogen and oxygen atoms in total. The van der Waals surface area contributed by atoms with Gasteiger partial charge in [0.05, 0.1) is 5.71 Å². The molecule has 0 unspecified atom stereocenters. The van der Waals surface area contributed by atoms with Crippen LogP contribution >= 0.6 is 11.8 Å². The van der Waals surface area contributed by atoms with Gasteiger partial charge in [0.2, 0.25) is 0 Å². The molecular formula is C8H10NS. The Labute approximate surface area is 65.7 Å². The highest BCUT2D eigenvalue weighted by molar-refractivity contribution is 7.98. The first-order valence-corrected chi connectivity index (χ1v) is 4.52. The smallest absolute Gasteiger partial charge is 0.0536 e. The first kappa shape index (κ1) is 7.61. The highest BCUT2D eigenvalue weighted by Crippen LogP contribution is 2.11. The minimum atomic E-state index is 0.603. The summed E-state index contributed by atoms with van der Waals surface area (Å²) in [5.74, 6) is 1.01. The topological polar surface area (TPSA) is 23.9 Å². The van der Waals surface area contributed by atoms with Gasteiger partial charge in [-0.05, 0) is 18.4 Å². The zero-order chi connectivity index (χ0) is 7.40. The fraction of sp³-hybridized carbons (Fsp3) is 0.250. The molecule has 1 aliphatic rings. The van der Waals surface area contributed by atoms with Crippen molar-refractivity contribution in [2.24, 2.45) is 0 Å². The molecule has 0 amide bonds. The SMILES string of the molecule is CSCC1=CC(=N)C=C[CH]1. The van der Waals surface area contributed by atoms with Crippen LogP contribution in [0.1, 0.15) is 0 Å². The Kier molecular flexibility index (Phi) is 2.75. The molecule has 0 aromatic carbocycles. The van der Waals surface area contributed by atoms with Crippen LogP contribution < -0.4 is 0 Å². The van der Waals surface area contributed by atoms with Crippen LogP contribution in [0.4, 0.5) is 0 Å². The molecule has 0 spiro atoms. The van der Waals surface area contributed by atoms with Crippen molar-refractivity contribution in [3.63, 3.8) is 0 Å². The normalized spacial score (nSPS) is 17.3. The molecule has 1 radical (unpaired) electrons. The maximum atomic E-state index is 7.31. The van der Waals surface area contributed by atoms with Gasteiger partial charge >= 0.3 is 0 Å². The number of hydrogen-bond acceptors (Lipinski definition) is 2. The highest BCUT2D eigenvalue weighted by atomic mass is 32.2. The van der Waals surface area contributed by atoms with Crippen molar-refractivity contribution in [2.75, 3.05) is 12.0 Å². The second kappa shape index (κ2) is 3.62. The van der Waals surface area contributed by atoms with E-state index in [0.29, 0.717) is 5.71 Å². The predicted molar refractivity (Wildman–Crippen MR) is 47.6 cm³/mol. The van der Waals surface area contributed by atoms with E-state index >= 15 is 0 Å². The van der Waals surface area contributed by atoms with E-state index in [2.05, 4.69) is 12.7 Å². The lowest BCUT2D eigenvalue weighted by Crippen LogP contribution is -1.97. The van der Waals surface area contributed by atoms with Crippen molar-refractivity contribution in [3.8, 4) is 0 Å². The van der Waals surface area contributed by atoms with Crippen LogP contribution in [0.25, 0.3) is 0 Å². The Balaban J connectivity index is 2.53. The highest BCUT2D eigenvalue weighted by Gasteiger charge is 2.00. The number of allylic oxidation sites excluding steroid dienone is 3.